The maximum absolute atomic E-state index is 13.3. The van der Waals surface area contributed by atoms with Crippen LogP contribution < -0.4 is 4.90 Å². The van der Waals surface area contributed by atoms with Crippen LogP contribution in [0.3, 0.4) is 0 Å². The average Bonchev–Trinajstić information content (AvgIpc) is 2.92. The molecule has 5 nitrogen and oxygen atoms in total. The lowest BCUT2D eigenvalue weighted by molar-refractivity contribution is -0.136. The first-order valence-corrected chi connectivity index (χ1v) is 9.41. The Kier molecular flexibility index (Phi) is 4.68. The molecule has 1 heterocycles. The van der Waals surface area contributed by atoms with Crippen LogP contribution in [0, 0.1) is 6.92 Å². The van der Waals surface area contributed by atoms with Gasteiger partial charge in [-0.15, -0.1) is 0 Å². The Labute approximate surface area is 168 Å². The Morgan fingerprint density at radius 2 is 1.62 bits per heavy atom. The molecule has 29 heavy (non-hydrogen) atoms. The van der Waals surface area contributed by atoms with Crippen molar-refractivity contribution in [3.8, 4) is 5.75 Å². The molecule has 1 atom stereocenters. The Balaban J connectivity index is 1.69. The minimum atomic E-state index is -1.97. The van der Waals surface area contributed by atoms with E-state index in [9.17, 15) is 19.8 Å². The SMILES string of the molecule is Cc1ccc(CN2C(=O)C(O)(CC(=O)c3ccccc3O)c3ccccc32)cc1. The number of aromatic hydroxyl groups is 1. The lowest BCUT2D eigenvalue weighted by Crippen LogP contribution is -2.41. The lowest BCUT2D eigenvalue weighted by Gasteiger charge is -2.23. The van der Waals surface area contributed by atoms with Crippen molar-refractivity contribution in [2.45, 2.75) is 25.5 Å². The molecule has 1 aliphatic heterocycles. The Hall–Kier alpha value is -3.44. The highest BCUT2D eigenvalue weighted by Crippen LogP contribution is 2.43. The number of phenols is 1. The van der Waals surface area contributed by atoms with Gasteiger partial charge in [-0.1, -0.05) is 60.2 Å². The van der Waals surface area contributed by atoms with Gasteiger partial charge in [-0.05, 0) is 30.7 Å². The summed E-state index contributed by atoms with van der Waals surface area (Å²) in [6, 6.07) is 20.9. The molecule has 0 fully saturated rings. The minimum Gasteiger partial charge on any atom is -0.507 e. The molecular weight excluding hydrogens is 366 g/mol. The van der Waals surface area contributed by atoms with Gasteiger partial charge in [0, 0.05) is 5.56 Å². The summed E-state index contributed by atoms with van der Waals surface area (Å²) < 4.78 is 0. The van der Waals surface area contributed by atoms with Crippen LogP contribution in [0.5, 0.6) is 5.75 Å². The van der Waals surface area contributed by atoms with E-state index in [2.05, 4.69) is 0 Å². The van der Waals surface area contributed by atoms with Gasteiger partial charge < -0.3 is 15.1 Å². The molecule has 0 saturated heterocycles. The van der Waals surface area contributed by atoms with E-state index in [1.54, 1.807) is 36.4 Å². The number of hydrogen-bond donors (Lipinski definition) is 2. The molecule has 0 aromatic heterocycles. The van der Waals surface area contributed by atoms with Gasteiger partial charge in [-0.2, -0.15) is 0 Å². The van der Waals surface area contributed by atoms with Crippen molar-refractivity contribution < 1.29 is 19.8 Å². The van der Waals surface area contributed by atoms with Gasteiger partial charge in [-0.3, -0.25) is 9.59 Å². The maximum atomic E-state index is 13.3. The number of aliphatic hydroxyl groups is 1. The summed E-state index contributed by atoms with van der Waals surface area (Å²) in [5.41, 5.74) is 1.15. The summed E-state index contributed by atoms with van der Waals surface area (Å²) in [4.78, 5) is 27.6. The zero-order chi connectivity index (χ0) is 20.6. The quantitative estimate of drug-likeness (QED) is 0.655. The molecule has 146 valence electrons. The predicted octanol–water partition coefficient (Wildman–Crippen LogP) is 3.71. The molecule has 5 heteroatoms. The summed E-state index contributed by atoms with van der Waals surface area (Å²) in [7, 11) is 0. The van der Waals surface area contributed by atoms with E-state index in [0.717, 1.165) is 11.1 Å². The van der Waals surface area contributed by atoms with Crippen LogP contribution >= 0.6 is 0 Å². The average molecular weight is 387 g/mol. The van der Waals surface area contributed by atoms with Crippen LogP contribution in [-0.4, -0.2) is 21.9 Å². The molecule has 3 aromatic rings. The fourth-order valence-corrected chi connectivity index (χ4v) is 3.75. The van der Waals surface area contributed by atoms with Gasteiger partial charge in [0.15, 0.2) is 11.4 Å². The van der Waals surface area contributed by atoms with Gasteiger partial charge in [0.05, 0.1) is 24.2 Å². The molecule has 0 bridgehead atoms. The number of hydrogen-bond acceptors (Lipinski definition) is 4. The van der Waals surface area contributed by atoms with Crippen molar-refractivity contribution in [2.24, 2.45) is 0 Å². The second-order valence-electron chi connectivity index (χ2n) is 7.37. The number of para-hydroxylation sites is 2. The number of phenolic OH excluding ortho intramolecular Hbond substituents is 1. The number of aryl methyl sites for hydroxylation is 1. The molecule has 0 radical (unpaired) electrons. The van der Waals surface area contributed by atoms with Crippen LogP contribution in [-0.2, 0) is 16.9 Å². The van der Waals surface area contributed by atoms with Crippen LogP contribution in [0.4, 0.5) is 5.69 Å². The zero-order valence-corrected chi connectivity index (χ0v) is 16.0. The third-order valence-electron chi connectivity index (χ3n) is 5.32. The second kappa shape index (κ2) is 7.18. The van der Waals surface area contributed by atoms with Gasteiger partial charge in [0.2, 0.25) is 0 Å². The fourth-order valence-electron chi connectivity index (χ4n) is 3.75. The topological polar surface area (TPSA) is 77.8 Å². The Morgan fingerprint density at radius 1 is 0.966 bits per heavy atom. The number of ketones is 1. The molecule has 1 aliphatic rings. The second-order valence-corrected chi connectivity index (χ2v) is 7.37. The highest BCUT2D eigenvalue weighted by molar-refractivity contribution is 6.11. The minimum absolute atomic E-state index is 0.0863. The van der Waals surface area contributed by atoms with E-state index in [0.29, 0.717) is 17.8 Å². The summed E-state index contributed by atoms with van der Waals surface area (Å²) >= 11 is 0. The number of Topliss-reactive ketones (excluding diaryl/α,β-unsaturated/α-hetero) is 1. The first-order valence-electron chi connectivity index (χ1n) is 9.41. The van der Waals surface area contributed by atoms with Crippen molar-refractivity contribution in [3.05, 3.63) is 95.1 Å². The first kappa shape index (κ1) is 18.9. The van der Waals surface area contributed by atoms with Gasteiger partial charge in [0.1, 0.15) is 5.75 Å². The van der Waals surface area contributed by atoms with Crippen molar-refractivity contribution in [2.75, 3.05) is 4.90 Å². The van der Waals surface area contributed by atoms with Crippen LogP contribution in [0.25, 0.3) is 0 Å². The molecule has 0 aliphatic carbocycles. The van der Waals surface area contributed by atoms with E-state index < -0.39 is 23.7 Å². The van der Waals surface area contributed by atoms with Crippen molar-refractivity contribution >= 4 is 17.4 Å². The predicted molar refractivity (Wildman–Crippen MR) is 110 cm³/mol. The highest BCUT2D eigenvalue weighted by atomic mass is 16.3. The molecule has 0 saturated carbocycles. The monoisotopic (exact) mass is 387 g/mol. The number of carbonyl (C=O) groups is 2. The number of nitrogens with zero attached hydrogens (tertiary/aromatic N) is 1. The first-order chi connectivity index (χ1) is 13.9. The van der Waals surface area contributed by atoms with E-state index in [-0.39, 0.29) is 11.3 Å². The normalized spacial score (nSPS) is 18.0. The van der Waals surface area contributed by atoms with Crippen molar-refractivity contribution in [1.82, 2.24) is 0 Å². The maximum Gasteiger partial charge on any atom is 0.264 e. The summed E-state index contributed by atoms with van der Waals surface area (Å²) in [5.74, 6) is -1.20. The standard InChI is InChI=1S/C24H21NO4/c1-16-10-12-17(13-11-16)15-25-20-8-4-3-7-19(20)24(29,23(25)28)14-22(27)18-6-2-5-9-21(18)26/h2-13,26,29H,14-15H2,1H3. The number of carbonyl (C=O) groups excluding carboxylic acids is 2. The Bertz CT molecular complexity index is 1090. The van der Waals surface area contributed by atoms with E-state index >= 15 is 0 Å². The third-order valence-corrected chi connectivity index (χ3v) is 5.32. The van der Waals surface area contributed by atoms with E-state index in [1.165, 1.54) is 17.0 Å². The largest absolute Gasteiger partial charge is 0.507 e. The molecule has 3 aromatic carbocycles. The zero-order valence-electron chi connectivity index (χ0n) is 16.0. The summed E-state index contributed by atoms with van der Waals surface area (Å²) in [6.45, 7) is 2.28. The number of fused-ring (bicyclic) bond motifs is 1. The fraction of sp³-hybridized carbons (Fsp3) is 0.167. The van der Waals surface area contributed by atoms with Gasteiger partial charge in [-0.25, -0.2) is 0 Å². The molecule has 2 N–H and O–H groups in total. The smallest absolute Gasteiger partial charge is 0.264 e. The van der Waals surface area contributed by atoms with Crippen LogP contribution in [0.2, 0.25) is 0 Å². The number of amides is 1. The molecule has 1 amide bonds. The summed E-state index contributed by atoms with van der Waals surface area (Å²) in [6.07, 6.45) is -0.440. The molecule has 1 unspecified atom stereocenters. The van der Waals surface area contributed by atoms with Crippen LogP contribution in [0.15, 0.2) is 72.8 Å². The number of anilines is 1. The molecule has 4 rings (SSSR count). The van der Waals surface area contributed by atoms with Crippen molar-refractivity contribution in [1.29, 1.82) is 0 Å². The van der Waals surface area contributed by atoms with E-state index in [1.807, 2.05) is 31.2 Å². The lowest BCUT2D eigenvalue weighted by atomic mass is 9.88. The van der Waals surface area contributed by atoms with Gasteiger partial charge >= 0.3 is 0 Å². The molecular formula is C24H21NO4. The number of benzene rings is 3. The van der Waals surface area contributed by atoms with Gasteiger partial charge in [0.25, 0.3) is 5.91 Å². The highest BCUT2D eigenvalue weighted by Gasteiger charge is 2.50. The number of rotatable bonds is 5. The van der Waals surface area contributed by atoms with E-state index in [4.69, 9.17) is 0 Å². The van der Waals surface area contributed by atoms with Crippen LogP contribution in [0.1, 0.15) is 33.5 Å². The van der Waals surface area contributed by atoms with Crippen molar-refractivity contribution in [3.63, 3.8) is 0 Å². The third kappa shape index (κ3) is 3.30. The Morgan fingerprint density at radius 3 is 2.34 bits per heavy atom. The molecule has 0 spiro atoms. The summed E-state index contributed by atoms with van der Waals surface area (Å²) in [5, 5.41) is 21.3.